The fraction of sp³-hybridized carbons (Fsp3) is 0.261. The van der Waals surface area contributed by atoms with Gasteiger partial charge in [0.05, 0.1) is 0 Å². The number of nitrogens with two attached hydrogens (primary N) is 1. The highest BCUT2D eigenvalue weighted by molar-refractivity contribution is 5.77. The van der Waals surface area contributed by atoms with Gasteiger partial charge in [-0.1, -0.05) is 48.5 Å². The molecule has 4 N–H and O–H groups in total. The third-order valence-corrected chi connectivity index (χ3v) is 5.47. The predicted octanol–water partition coefficient (Wildman–Crippen LogP) is 3.86. The summed E-state index contributed by atoms with van der Waals surface area (Å²) in [6, 6.07) is 18.8. The minimum absolute atomic E-state index is 0.152. The molecular formula is C23H26N6. The summed E-state index contributed by atoms with van der Waals surface area (Å²) in [5.74, 6) is 0.616. The lowest BCUT2D eigenvalue weighted by molar-refractivity contribution is 0.610. The summed E-state index contributed by atoms with van der Waals surface area (Å²) in [6.07, 6.45) is 0.917. The van der Waals surface area contributed by atoms with Gasteiger partial charge in [-0.3, -0.25) is 0 Å². The van der Waals surface area contributed by atoms with E-state index in [4.69, 9.17) is 5.73 Å². The SMILES string of the molecule is Cc1cccc(C)c1CNCCC(c1ccccc1)c1cc(N)nc2n[nH]nc12. The summed E-state index contributed by atoms with van der Waals surface area (Å²) in [7, 11) is 0. The van der Waals surface area contributed by atoms with Crippen LogP contribution in [0, 0.1) is 13.8 Å². The molecule has 4 rings (SSSR count). The fourth-order valence-electron chi connectivity index (χ4n) is 3.92. The lowest BCUT2D eigenvalue weighted by Crippen LogP contribution is -2.19. The molecule has 0 amide bonds. The van der Waals surface area contributed by atoms with Gasteiger partial charge in [-0.2, -0.15) is 10.3 Å². The van der Waals surface area contributed by atoms with Gasteiger partial charge in [0.25, 0.3) is 0 Å². The molecule has 0 aliphatic rings. The van der Waals surface area contributed by atoms with Gasteiger partial charge >= 0.3 is 0 Å². The number of nitrogen functional groups attached to an aromatic ring is 1. The highest BCUT2D eigenvalue weighted by Crippen LogP contribution is 2.32. The van der Waals surface area contributed by atoms with Crippen LogP contribution in [0.25, 0.3) is 11.2 Å². The van der Waals surface area contributed by atoms with Gasteiger partial charge in [-0.25, -0.2) is 4.98 Å². The van der Waals surface area contributed by atoms with Gasteiger partial charge < -0.3 is 11.1 Å². The lowest BCUT2D eigenvalue weighted by Gasteiger charge is -2.19. The number of nitrogens with one attached hydrogen (secondary N) is 2. The smallest absolute Gasteiger partial charge is 0.203 e. The summed E-state index contributed by atoms with van der Waals surface area (Å²) in [6.45, 7) is 6.06. The molecule has 0 bridgehead atoms. The molecule has 1 unspecified atom stereocenters. The molecule has 2 heterocycles. The van der Waals surface area contributed by atoms with E-state index in [1.807, 2.05) is 12.1 Å². The second kappa shape index (κ2) is 8.41. The Kier molecular flexibility index (Phi) is 5.53. The highest BCUT2D eigenvalue weighted by atomic mass is 15.3. The quantitative estimate of drug-likeness (QED) is 0.419. The van der Waals surface area contributed by atoms with E-state index in [0.29, 0.717) is 11.5 Å². The standard InChI is InChI=1S/C23H26N6/c1-15-7-6-8-16(2)20(15)14-25-12-11-18(17-9-4-3-5-10-17)19-13-21(24)26-23-22(19)27-29-28-23/h3-10,13,18,25H,11-12,14H2,1-2H3,(H3,24,26,27,28,29). The van der Waals surface area contributed by atoms with Crippen molar-refractivity contribution < 1.29 is 0 Å². The normalized spacial score (nSPS) is 12.3. The number of hydrogen-bond donors (Lipinski definition) is 3. The Labute approximate surface area is 170 Å². The molecule has 0 radical (unpaired) electrons. The van der Waals surface area contributed by atoms with Gasteiger partial charge in [-0.15, -0.1) is 5.10 Å². The highest BCUT2D eigenvalue weighted by Gasteiger charge is 2.20. The Morgan fingerprint density at radius 1 is 1.00 bits per heavy atom. The minimum Gasteiger partial charge on any atom is -0.384 e. The Balaban J connectivity index is 1.57. The molecule has 6 nitrogen and oxygen atoms in total. The molecule has 0 aliphatic heterocycles. The van der Waals surface area contributed by atoms with E-state index in [2.05, 4.69) is 82.0 Å². The first-order valence-corrected chi connectivity index (χ1v) is 9.91. The van der Waals surface area contributed by atoms with Crippen LogP contribution < -0.4 is 11.1 Å². The number of aromatic nitrogens is 4. The number of fused-ring (bicyclic) bond motifs is 1. The summed E-state index contributed by atoms with van der Waals surface area (Å²) >= 11 is 0. The van der Waals surface area contributed by atoms with Gasteiger partial charge in [0, 0.05) is 12.5 Å². The zero-order valence-corrected chi connectivity index (χ0v) is 16.8. The Morgan fingerprint density at radius 2 is 1.76 bits per heavy atom. The van der Waals surface area contributed by atoms with Crippen molar-refractivity contribution in [2.75, 3.05) is 12.3 Å². The fourth-order valence-corrected chi connectivity index (χ4v) is 3.92. The molecule has 0 saturated heterocycles. The van der Waals surface area contributed by atoms with Gasteiger partial charge in [0.2, 0.25) is 5.65 Å². The average Bonchev–Trinajstić information content (AvgIpc) is 3.18. The first kappa shape index (κ1) is 19.1. The number of H-pyrrole nitrogens is 1. The van der Waals surface area contributed by atoms with Crippen LogP contribution in [0.3, 0.4) is 0 Å². The zero-order chi connectivity index (χ0) is 20.2. The van der Waals surface area contributed by atoms with Crippen molar-refractivity contribution >= 4 is 17.0 Å². The predicted molar refractivity (Wildman–Crippen MR) is 117 cm³/mol. The number of nitrogens with zero attached hydrogens (tertiary/aromatic N) is 3. The van der Waals surface area contributed by atoms with E-state index in [-0.39, 0.29) is 5.92 Å². The van der Waals surface area contributed by atoms with E-state index in [9.17, 15) is 0 Å². The molecule has 0 saturated carbocycles. The van der Waals surface area contributed by atoms with E-state index in [1.54, 1.807) is 0 Å². The molecule has 0 fully saturated rings. The number of benzene rings is 2. The number of pyridine rings is 1. The second-order valence-electron chi connectivity index (χ2n) is 7.43. The monoisotopic (exact) mass is 386 g/mol. The van der Waals surface area contributed by atoms with Crippen LogP contribution in [0.2, 0.25) is 0 Å². The molecule has 1 atom stereocenters. The lowest BCUT2D eigenvalue weighted by atomic mass is 9.88. The van der Waals surface area contributed by atoms with Gasteiger partial charge in [0.15, 0.2) is 0 Å². The number of aryl methyl sites for hydroxylation is 2. The van der Waals surface area contributed by atoms with Crippen LogP contribution in [0.4, 0.5) is 5.82 Å². The van der Waals surface area contributed by atoms with E-state index in [0.717, 1.165) is 30.6 Å². The molecule has 148 valence electrons. The van der Waals surface area contributed by atoms with Crippen molar-refractivity contribution in [1.82, 2.24) is 25.7 Å². The van der Waals surface area contributed by atoms with E-state index in [1.165, 1.54) is 22.3 Å². The molecule has 4 aromatic rings. The van der Waals surface area contributed by atoms with Crippen molar-refractivity contribution in [1.29, 1.82) is 0 Å². The molecule has 2 aromatic carbocycles. The van der Waals surface area contributed by atoms with Crippen molar-refractivity contribution in [3.05, 3.63) is 82.4 Å². The maximum Gasteiger partial charge on any atom is 0.203 e. The summed E-state index contributed by atoms with van der Waals surface area (Å²) in [4.78, 5) is 4.29. The van der Waals surface area contributed by atoms with Crippen molar-refractivity contribution in [3.8, 4) is 0 Å². The van der Waals surface area contributed by atoms with Crippen molar-refractivity contribution in [3.63, 3.8) is 0 Å². The first-order chi connectivity index (χ1) is 14.1. The number of rotatable bonds is 7. The molecule has 6 heteroatoms. The van der Waals surface area contributed by atoms with Crippen LogP contribution in [-0.4, -0.2) is 26.9 Å². The van der Waals surface area contributed by atoms with Crippen LogP contribution in [-0.2, 0) is 6.54 Å². The Bertz CT molecular complexity index is 1080. The average molecular weight is 387 g/mol. The first-order valence-electron chi connectivity index (χ1n) is 9.91. The van der Waals surface area contributed by atoms with Crippen LogP contribution in [0.5, 0.6) is 0 Å². The molecule has 0 aliphatic carbocycles. The molecule has 0 spiro atoms. The second-order valence-corrected chi connectivity index (χ2v) is 7.43. The topological polar surface area (TPSA) is 92.5 Å². The van der Waals surface area contributed by atoms with E-state index >= 15 is 0 Å². The van der Waals surface area contributed by atoms with Gasteiger partial charge in [-0.05, 0) is 60.7 Å². The Hall–Kier alpha value is -3.25. The summed E-state index contributed by atoms with van der Waals surface area (Å²) in [5.41, 5.74) is 13.7. The minimum atomic E-state index is 0.152. The third-order valence-electron chi connectivity index (χ3n) is 5.47. The van der Waals surface area contributed by atoms with Crippen molar-refractivity contribution in [2.45, 2.75) is 32.7 Å². The van der Waals surface area contributed by atoms with Crippen LogP contribution in [0.15, 0.2) is 54.6 Å². The van der Waals surface area contributed by atoms with Crippen LogP contribution >= 0.6 is 0 Å². The van der Waals surface area contributed by atoms with Gasteiger partial charge in [0.1, 0.15) is 11.3 Å². The van der Waals surface area contributed by atoms with E-state index < -0.39 is 0 Å². The number of hydrogen-bond acceptors (Lipinski definition) is 5. The summed E-state index contributed by atoms with van der Waals surface area (Å²) in [5, 5.41) is 14.8. The molecular weight excluding hydrogens is 360 g/mol. The van der Waals surface area contributed by atoms with Crippen LogP contribution in [0.1, 0.15) is 40.2 Å². The molecule has 2 aromatic heterocycles. The third kappa shape index (κ3) is 4.12. The van der Waals surface area contributed by atoms with Crippen molar-refractivity contribution in [2.24, 2.45) is 0 Å². The molecule has 29 heavy (non-hydrogen) atoms. The zero-order valence-electron chi connectivity index (χ0n) is 16.8. The summed E-state index contributed by atoms with van der Waals surface area (Å²) < 4.78 is 0. The maximum absolute atomic E-state index is 6.06. The largest absolute Gasteiger partial charge is 0.384 e. The Morgan fingerprint density at radius 3 is 2.52 bits per heavy atom. The maximum atomic E-state index is 6.06. The number of aromatic amines is 1. The number of anilines is 1.